The summed E-state index contributed by atoms with van der Waals surface area (Å²) in [7, 11) is 0. The maximum atomic E-state index is 3.46. The average molecular weight is 323 g/mol. The number of nitrogens with one attached hydrogen (secondary N) is 2. The highest BCUT2D eigenvalue weighted by Gasteiger charge is 2.29. The Morgan fingerprint density at radius 1 is 0.450 bits per heavy atom. The monoisotopic (exact) mass is 322 g/mol. The van der Waals surface area contributed by atoms with Crippen LogP contribution < -0.4 is 10.6 Å². The van der Waals surface area contributed by atoms with Crippen molar-refractivity contribution in [3.63, 3.8) is 0 Å². The molecule has 2 aliphatic heterocycles. The van der Waals surface area contributed by atoms with Crippen LogP contribution in [0.25, 0.3) is 0 Å². The van der Waals surface area contributed by atoms with Crippen molar-refractivity contribution in [3.05, 3.63) is 0 Å². The summed E-state index contributed by atoms with van der Waals surface area (Å²) in [6.45, 7) is 5.24. The van der Waals surface area contributed by atoms with E-state index in [2.05, 4.69) is 10.6 Å². The molecule has 0 unspecified atom stereocenters. The maximum absolute atomic E-state index is 3.46. The molecule has 0 aromatic carbocycles. The Hall–Kier alpha value is 0.500. The molecule has 0 aromatic rings. The molecular formula is C16H32Cl2N2. The van der Waals surface area contributed by atoms with Crippen LogP contribution >= 0.6 is 24.8 Å². The molecule has 2 N–H and O–H groups in total. The van der Waals surface area contributed by atoms with Gasteiger partial charge in [0.15, 0.2) is 0 Å². The van der Waals surface area contributed by atoms with Gasteiger partial charge in [-0.3, -0.25) is 0 Å². The van der Waals surface area contributed by atoms with Crippen LogP contribution in [0.2, 0.25) is 0 Å². The van der Waals surface area contributed by atoms with Crippen molar-refractivity contribution >= 4 is 24.8 Å². The second-order valence-corrected chi connectivity index (χ2v) is 6.93. The van der Waals surface area contributed by atoms with E-state index in [0.717, 1.165) is 23.7 Å². The molecule has 20 heavy (non-hydrogen) atoms. The molecule has 2 nitrogen and oxygen atoms in total. The smallest absolute Gasteiger partial charge is 0.00173 e. The Kier molecular flexibility index (Phi) is 8.81. The number of hydrogen-bond donors (Lipinski definition) is 2. The van der Waals surface area contributed by atoms with Crippen LogP contribution in [0.3, 0.4) is 0 Å². The van der Waals surface area contributed by atoms with Crippen molar-refractivity contribution in [1.29, 1.82) is 0 Å². The van der Waals surface area contributed by atoms with Crippen LogP contribution in [0, 0.1) is 23.7 Å². The van der Waals surface area contributed by atoms with Crippen LogP contribution in [0.5, 0.6) is 0 Å². The van der Waals surface area contributed by atoms with Crippen molar-refractivity contribution in [1.82, 2.24) is 10.6 Å². The fourth-order valence-electron chi connectivity index (χ4n) is 4.55. The summed E-state index contributed by atoms with van der Waals surface area (Å²) in [5.74, 6) is 4.22. The van der Waals surface area contributed by atoms with E-state index in [9.17, 15) is 0 Å². The predicted octanol–water partition coefficient (Wildman–Crippen LogP) is 3.64. The van der Waals surface area contributed by atoms with Crippen LogP contribution in [-0.4, -0.2) is 26.2 Å². The Bertz CT molecular complexity index is 213. The summed E-state index contributed by atoms with van der Waals surface area (Å²) in [6.07, 6.45) is 11.9. The fraction of sp³-hybridized carbons (Fsp3) is 1.00. The molecule has 4 aliphatic rings. The van der Waals surface area contributed by atoms with Crippen molar-refractivity contribution in [2.75, 3.05) is 26.2 Å². The zero-order valence-corrected chi connectivity index (χ0v) is 14.2. The van der Waals surface area contributed by atoms with Gasteiger partial charge in [0, 0.05) is 0 Å². The standard InChI is InChI=1S/2C8H15N.2ClH/c2*1-2-4-8-6-9-5-7(8)3-1;;/h2*7-9H,1-6H2;2*1H/t2*7-,8+;;. The third kappa shape index (κ3) is 4.76. The first kappa shape index (κ1) is 18.5. The topological polar surface area (TPSA) is 24.1 Å². The lowest BCUT2D eigenvalue weighted by Gasteiger charge is -2.23. The molecule has 0 bridgehead atoms. The van der Waals surface area contributed by atoms with E-state index in [1.54, 1.807) is 0 Å². The van der Waals surface area contributed by atoms with Crippen molar-refractivity contribution in [2.24, 2.45) is 23.7 Å². The van der Waals surface area contributed by atoms with E-state index in [4.69, 9.17) is 0 Å². The van der Waals surface area contributed by atoms with E-state index >= 15 is 0 Å². The van der Waals surface area contributed by atoms with Gasteiger partial charge < -0.3 is 10.6 Å². The first-order valence-corrected chi connectivity index (χ1v) is 8.35. The molecular weight excluding hydrogens is 291 g/mol. The van der Waals surface area contributed by atoms with Crippen LogP contribution in [0.1, 0.15) is 51.4 Å². The van der Waals surface area contributed by atoms with Gasteiger partial charge in [-0.05, 0) is 75.5 Å². The number of halogens is 2. The molecule has 2 aliphatic carbocycles. The molecule has 0 spiro atoms. The zero-order chi connectivity index (χ0) is 12.2. The van der Waals surface area contributed by atoms with E-state index in [1.807, 2.05) is 0 Å². The number of hydrogen-bond acceptors (Lipinski definition) is 2. The summed E-state index contributed by atoms with van der Waals surface area (Å²) in [5, 5.41) is 6.93. The first-order chi connectivity index (χ1) is 8.93. The Morgan fingerprint density at radius 2 is 0.700 bits per heavy atom. The molecule has 2 saturated carbocycles. The Labute approximate surface area is 137 Å². The SMILES string of the molecule is C1CC[C@H]2CNC[C@H]2C1.C1CC[C@H]2CNC[C@H]2C1.Cl.Cl. The van der Waals surface area contributed by atoms with Crippen molar-refractivity contribution in [3.8, 4) is 0 Å². The van der Waals surface area contributed by atoms with Crippen molar-refractivity contribution in [2.45, 2.75) is 51.4 Å². The van der Waals surface area contributed by atoms with Gasteiger partial charge >= 0.3 is 0 Å². The van der Waals surface area contributed by atoms with Gasteiger partial charge in [0.05, 0.1) is 0 Å². The normalized spacial score (nSPS) is 38.4. The minimum absolute atomic E-state index is 0. The van der Waals surface area contributed by atoms with Gasteiger partial charge in [0.25, 0.3) is 0 Å². The molecule has 2 heterocycles. The van der Waals surface area contributed by atoms with E-state index in [0.29, 0.717) is 0 Å². The molecule has 120 valence electrons. The van der Waals surface area contributed by atoms with Crippen LogP contribution in [0.15, 0.2) is 0 Å². The number of fused-ring (bicyclic) bond motifs is 2. The second-order valence-electron chi connectivity index (χ2n) is 6.93. The minimum atomic E-state index is 0. The highest BCUT2D eigenvalue weighted by Crippen LogP contribution is 2.32. The van der Waals surface area contributed by atoms with E-state index < -0.39 is 0 Å². The molecule has 0 radical (unpaired) electrons. The summed E-state index contributed by atoms with van der Waals surface area (Å²) >= 11 is 0. The zero-order valence-electron chi connectivity index (χ0n) is 12.6. The van der Waals surface area contributed by atoms with Gasteiger partial charge in [-0.25, -0.2) is 0 Å². The van der Waals surface area contributed by atoms with Gasteiger partial charge in [-0.2, -0.15) is 0 Å². The maximum Gasteiger partial charge on any atom is -0.00173 e. The Balaban J connectivity index is 0.000000182. The highest BCUT2D eigenvalue weighted by molar-refractivity contribution is 5.85. The van der Waals surface area contributed by atoms with E-state index in [-0.39, 0.29) is 24.8 Å². The van der Waals surface area contributed by atoms with Crippen LogP contribution in [0.4, 0.5) is 0 Å². The third-order valence-corrected chi connectivity index (χ3v) is 5.76. The molecule has 0 amide bonds. The fourth-order valence-corrected chi connectivity index (χ4v) is 4.55. The number of rotatable bonds is 0. The molecule has 4 atom stereocenters. The van der Waals surface area contributed by atoms with Crippen molar-refractivity contribution < 1.29 is 0 Å². The second kappa shape index (κ2) is 9.50. The molecule has 4 heteroatoms. The largest absolute Gasteiger partial charge is 0.316 e. The highest BCUT2D eigenvalue weighted by atomic mass is 35.5. The lowest BCUT2D eigenvalue weighted by atomic mass is 9.82. The summed E-state index contributed by atoms with van der Waals surface area (Å²) < 4.78 is 0. The van der Waals surface area contributed by atoms with E-state index in [1.165, 1.54) is 77.5 Å². The lowest BCUT2D eigenvalue weighted by molar-refractivity contribution is 0.299. The molecule has 4 rings (SSSR count). The third-order valence-electron chi connectivity index (χ3n) is 5.76. The van der Waals surface area contributed by atoms with Crippen LogP contribution in [-0.2, 0) is 0 Å². The molecule has 0 aromatic heterocycles. The quantitative estimate of drug-likeness (QED) is 0.711. The van der Waals surface area contributed by atoms with Gasteiger partial charge in [0.1, 0.15) is 0 Å². The average Bonchev–Trinajstić information content (AvgIpc) is 3.08. The molecule has 4 fully saturated rings. The predicted molar refractivity (Wildman–Crippen MR) is 91.1 cm³/mol. The Morgan fingerprint density at radius 3 is 0.950 bits per heavy atom. The van der Waals surface area contributed by atoms with Gasteiger partial charge in [0.2, 0.25) is 0 Å². The minimum Gasteiger partial charge on any atom is -0.316 e. The van der Waals surface area contributed by atoms with Gasteiger partial charge in [-0.1, -0.05) is 25.7 Å². The van der Waals surface area contributed by atoms with Gasteiger partial charge in [-0.15, -0.1) is 24.8 Å². The molecule has 2 saturated heterocycles. The summed E-state index contributed by atoms with van der Waals surface area (Å²) in [4.78, 5) is 0. The first-order valence-electron chi connectivity index (χ1n) is 8.35. The summed E-state index contributed by atoms with van der Waals surface area (Å²) in [5.41, 5.74) is 0. The lowest BCUT2D eigenvalue weighted by Crippen LogP contribution is -2.16. The summed E-state index contributed by atoms with van der Waals surface area (Å²) in [6, 6.07) is 0.